The second-order valence-electron chi connectivity index (χ2n) is 5.63. The van der Waals surface area contributed by atoms with E-state index < -0.39 is 27.6 Å². The molecule has 3 rings (SSSR count). The number of fused-ring (bicyclic) bond motifs is 1. The SMILES string of the molecule is O=C(COc1cc(F)ccc1Cl)NC1CCS(=O)(=O)c2ccccc21. The number of hydrogen-bond donors (Lipinski definition) is 1. The number of ether oxygens (including phenoxy) is 1. The van der Waals surface area contributed by atoms with E-state index in [0.29, 0.717) is 5.56 Å². The van der Waals surface area contributed by atoms with E-state index in [4.69, 9.17) is 16.3 Å². The van der Waals surface area contributed by atoms with Crippen LogP contribution in [0.25, 0.3) is 0 Å². The molecule has 0 aromatic heterocycles. The first-order chi connectivity index (χ1) is 11.9. The minimum absolute atomic E-state index is 0.0362. The Labute approximate surface area is 149 Å². The van der Waals surface area contributed by atoms with Gasteiger partial charge < -0.3 is 10.1 Å². The maximum Gasteiger partial charge on any atom is 0.258 e. The largest absolute Gasteiger partial charge is 0.482 e. The Bertz CT molecular complexity index is 917. The zero-order chi connectivity index (χ0) is 18.0. The lowest BCUT2D eigenvalue weighted by Gasteiger charge is -2.26. The number of amides is 1. The van der Waals surface area contributed by atoms with E-state index >= 15 is 0 Å². The van der Waals surface area contributed by atoms with Crippen LogP contribution in [0.15, 0.2) is 47.4 Å². The number of benzene rings is 2. The van der Waals surface area contributed by atoms with Crippen LogP contribution in [0.1, 0.15) is 18.0 Å². The summed E-state index contributed by atoms with van der Waals surface area (Å²) in [5, 5.41) is 2.95. The zero-order valence-electron chi connectivity index (χ0n) is 13.0. The highest BCUT2D eigenvalue weighted by Gasteiger charge is 2.30. The molecule has 0 aliphatic carbocycles. The third-order valence-corrected chi connectivity index (χ3v) is 6.02. The number of carbonyl (C=O) groups excluding carboxylic acids is 1. The Kier molecular flexibility index (Phi) is 4.96. The predicted octanol–water partition coefficient (Wildman–Crippen LogP) is 2.89. The Morgan fingerprint density at radius 2 is 2.04 bits per heavy atom. The summed E-state index contributed by atoms with van der Waals surface area (Å²) < 4.78 is 42.6. The summed E-state index contributed by atoms with van der Waals surface area (Å²) in [7, 11) is -3.32. The highest BCUT2D eigenvalue weighted by atomic mass is 35.5. The van der Waals surface area contributed by atoms with Gasteiger partial charge >= 0.3 is 0 Å². The lowest BCUT2D eigenvalue weighted by Crippen LogP contribution is -2.36. The molecule has 1 N–H and O–H groups in total. The lowest BCUT2D eigenvalue weighted by molar-refractivity contribution is -0.123. The minimum Gasteiger partial charge on any atom is -0.482 e. The molecule has 25 heavy (non-hydrogen) atoms. The van der Waals surface area contributed by atoms with E-state index in [9.17, 15) is 17.6 Å². The second kappa shape index (κ2) is 7.01. The summed E-state index contributed by atoms with van der Waals surface area (Å²) in [4.78, 5) is 12.4. The third-order valence-electron chi connectivity index (χ3n) is 3.89. The molecule has 1 amide bonds. The smallest absolute Gasteiger partial charge is 0.258 e. The van der Waals surface area contributed by atoms with E-state index in [1.807, 2.05) is 0 Å². The first-order valence-electron chi connectivity index (χ1n) is 7.56. The number of nitrogens with one attached hydrogen (secondary N) is 1. The summed E-state index contributed by atoms with van der Waals surface area (Å²) in [6, 6.07) is 9.79. The fourth-order valence-corrected chi connectivity index (χ4v) is 4.50. The van der Waals surface area contributed by atoms with Gasteiger partial charge in [-0.3, -0.25) is 4.79 Å². The van der Waals surface area contributed by atoms with Crippen LogP contribution in [0, 0.1) is 5.82 Å². The molecule has 1 atom stereocenters. The van der Waals surface area contributed by atoms with E-state index in [-0.39, 0.29) is 34.4 Å². The van der Waals surface area contributed by atoms with E-state index in [1.165, 1.54) is 18.2 Å². The van der Waals surface area contributed by atoms with Crippen molar-refractivity contribution in [3.63, 3.8) is 0 Å². The molecule has 1 unspecified atom stereocenters. The van der Waals surface area contributed by atoms with Crippen molar-refractivity contribution in [3.05, 3.63) is 58.9 Å². The number of carbonyl (C=O) groups is 1. The van der Waals surface area contributed by atoms with Gasteiger partial charge in [0.1, 0.15) is 11.6 Å². The monoisotopic (exact) mass is 383 g/mol. The Hall–Kier alpha value is -2.12. The summed E-state index contributed by atoms with van der Waals surface area (Å²) in [5.41, 5.74) is 0.561. The standard InChI is InChI=1S/C17H15ClFNO4S/c18-13-6-5-11(19)9-15(13)24-10-17(21)20-14-7-8-25(22,23)16-4-2-1-3-12(14)16/h1-6,9,14H,7-8,10H2,(H,20,21). The highest BCUT2D eigenvalue weighted by Crippen LogP contribution is 2.32. The van der Waals surface area contributed by atoms with Gasteiger partial charge in [-0.2, -0.15) is 0 Å². The molecule has 0 radical (unpaired) electrons. The van der Waals surface area contributed by atoms with Crippen LogP contribution >= 0.6 is 11.6 Å². The van der Waals surface area contributed by atoms with Crippen LogP contribution in [0.4, 0.5) is 4.39 Å². The van der Waals surface area contributed by atoms with Gasteiger partial charge in [-0.15, -0.1) is 0 Å². The van der Waals surface area contributed by atoms with Crippen molar-refractivity contribution in [1.82, 2.24) is 5.32 Å². The number of rotatable bonds is 4. The van der Waals surface area contributed by atoms with Crippen molar-refractivity contribution in [2.45, 2.75) is 17.4 Å². The van der Waals surface area contributed by atoms with Gasteiger partial charge in [0.2, 0.25) is 0 Å². The average Bonchev–Trinajstić information content (AvgIpc) is 2.58. The van der Waals surface area contributed by atoms with Crippen molar-refractivity contribution in [2.24, 2.45) is 0 Å². The van der Waals surface area contributed by atoms with Gasteiger partial charge in [0.25, 0.3) is 5.91 Å². The molecule has 1 heterocycles. The molecule has 2 aromatic rings. The molecule has 5 nitrogen and oxygen atoms in total. The van der Waals surface area contributed by atoms with E-state index in [0.717, 1.165) is 6.07 Å². The van der Waals surface area contributed by atoms with Crippen LogP contribution in [0.5, 0.6) is 5.75 Å². The van der Waals surface area contributed by atoms with Crippen LogP contribution in [-0.4, -0.2) is 26.7 Å². The van der Waals surface area contributed by atoms with Gasteiger partial charge in [-0.25, -0.2) is 12.8 Å². The van der Waals surface area contributed by atoms with Crippen molar-refractivity contribution < 1.29 is 22.3 Å². The average molecular weight is 384 g/mol. The van der Waals surface area contributed by atoms with Gasteiger partial charge in [0.15, 0.2) is 16.4 Å². The van der Waals surface area contributed by atoms with Crippen molar-refractivity contribution in [3.8, 4) is 5.75 Å². The molecule has 0 saturated carbocycles. The van der Waals surface area contributed by atoms with E-state index in [2.05, 4.69) is 5.32 Å². The minimum atomic E-state index is -3.32. The van der Waals surface area contributed by atoms with Gasteiger partial charge in [0.05, 0.1) is 21.7 Å². The molecule has 8 heteroatoms. The topological polar surface area (TPSA) is 72.5 Å². The van der Waals surface area contributed by atoms with Crippen LogP contribution in [-0.2, 0) is 14.6 Å². The van der Waals surface area contributed by atoms with E-state index in [1.54, 1.807) is 18.2 Å². The fourth-order valence-electron chi connectivity index (χ4n) is 2.71. The first-order valence-corrected chi connectivity index (χ1v) is 9.59. The lowest BCUT2D eigenvalue weighted by atomic mass is 10.0. The van der Waals surface area contributed by atoms with Crippen molar-refractivity contribution in [1.29, 1.82) is 0 Å². The highest BCUT2D eigenvalue weighted by molar-refractivity contribution is 7.91. The molecule has 2 aromatic carbocycles. The fraction of sp³-hybridized carbons (Fsp3) is 0.235. The molecule has 0 saturated heterocycles. The third kappa shape index (κ3) is 3.93. The number of halogens is 2. The molecule has 132 valence electrons. The molecule has 0 bridgehead atoms. The Morgan fingerprint density at radius 1 is 1.28 bits per heavy atom. The summed E-state index contributed by atoms with van der Waals surface area (Å²) in [5.74, 6) is -0.931. The summed E-state index contributed by atoms with van der Waals surface area (Å²) >= 11 is 5.88. The predicted molar refractivity (Wildman–Crippen MR) is 90.9 cm³/mol. The molecular weight excluding hydrogens is 369 g/mol. The van der Waals surface area contributed by atoms with Crippen LogP contribution in [0.3, 0.4) is 0 Å². The molecule has 1 aliphatic heterocycles. The molecular formula is C17H15ClFNO4S. The number of sulfone groups is 1. The maximum atomic E-state index is 13.2. The first kappa shape index (κ1) is 17.7. The van der Waals surface area contributed by atoms with Crippen LogP contribution < -0.4 is 10.1 Å². The summed E-state index contributed by atoms with van der Waals surface area (Å²) in [6.07, 6.45) is 0.284. The van der Waals surface area contributed by atoms with Gasteiger partial charge in [-0.05, 0) is 30.2 Å². The van der Waals surface area contributed by atoms with Crippen LogP contribution in [0.2, 0.25) is 5.02 Å². The zero-order valence-corrected chi connectivity index (χ0v) is 14.6. The van der Waals surface area contributed by atoms with Crippen molar-refractivity contribution in [2.75, 3.05) is 12.4 Å². The Balaban J connectivity index is 1.69. The quantitative estimate of drug-likeness (QED) is 0.881. The van der Waals surface area contributed by atoms with Gasteiger partial charge in [0, 0.05) is 6.07 Å². The molecule has 1 aliphatic rings. The van der Waals surface area contributed by atoms with Gasteiger partial charge in [-0.1, -0.05) is 29.8 Å². The normalized spacial score (nSPS) is 18.2. The Morgan fingerprint density at radius 3 is 2.84 bits per heavy atom. The maximum absolute atomic E-state index is 13.2. The molecule has 0 spiro atoms. The molecule has 0 fully saturated rings. The second-order valence-corrected chi connectivity index (χ2v) is 8.11. The van der Waals surface area contributed by atoms with Crippen molar-refractivity contribution >= 4 is 27.3 Å². The summed E-state index contributed by atoms with van der Waals surface area (Å²) in [6.45, 7) is -0.353. The number of hydrogen-bond acceptors (Lipinski definition) is 4.